The summed E-state index contributed by atoms with van der Waals surface area (Å²) in [7, 11) is 0. The van der Waals surface area contributed by atoms with Crippen molar-refractivity contribution in [2.45, 2.75) is 44.9 Å². The molecule has 1 aromatic rings. The van der Waals surface area contributed by atoms with Gasteiger partial charge < -0.3 is 0 Å². The molecule has 1 aromatic carbocycles. The lowest BCUT2D eigenvalue weighted by Crippen LogP contribution is -1.99. The van der Waals surface area contributed by atoms with E-state index in [9.17, 15) is 0 Å². The summed E-state index contributed by atoms with van der Waals surface area (Å²) < 4.78 is 0. The number of hydrogen-bond acceptors (Lipinski definition) is 0. The van der Waals surface area contributed by atoms with E-state index in [0.717, 1.165) is 17.8 Å². The minimum Gasteiger partial charge on any atom is -0.117 e. The van der Waals surface area contributed by atoms with Crippen LogP contribution >= 0.6 is 11.6 Å². The van der Waals surface area contributed by atoms with Crippen LogP contribution in [0.25, 0.3) is 0 Å². The molecule has 3 unspecified atom stereocenters. The molecular formula is C16H21Cl. The zero-order valence-electron chi connectivity index (χ0n) is 10.7. The Morgan fingerprint density at radius 1 is 1.12 bits per heavy atom. The number of alkyl halides is 1. The standard InChI is InChI=1S/C16H21Cl/c1-10-7-8-12(11(2)9-10)16(17)15-13-5-3-4-6-14(13)15/h7-9,13-16H,3-6H2,1-2H3. The van der Waals surface area contributed by atoms with Gasteiger partial charge in [-0.2, -0.15) is 0 Å². The van der Waals surface area contributed by atoms with Crippen LogP contribution in [-0.2, 0) is 0 Å². The molecule has 0 spiro atoms. The van der Waals surface area contributed by atoms with E-state index in [1.165, 1.54) is 42.4 Å². The molecule has 0 saturated heterocycles. The van der Waals surface area contributed by atoms with Crippen LogP contribution in [0, 0.1) is 31.6 Å². The Balaban J connectivity index is 1.80. The van der Waals surface area contributed by atoms with Crippen LogP contribution in [-0.4, -0.2) is 0 Å². The van der Waals surface area contributed by atoms with Crippen LogP contribution in [0.1, 0.15) is 47.8 Å². The molecule has 0 aliphatic heterocycles. The second kappa shape index (κ2) is 4.31. The lowest BCUT2D eigenvalue weighted by molar-refractivity contribution is 0.480. The van der Waals surface area contributed by atoms with Crippen LogP contribution < -0.4 is 0 Å². The van der Waals surface area contributed by atoms with Gasteiger partial charge in [-0.15, -0.1) is 11.6 Å². The average Bonchev–Trinajstić information content (AvgIpc) is 3.02. The van der Waals surface area contributed by atoms with E-state index in [-0.39, 0.29) is 5.38 Å². The topological polar surface area (TPSA) is 0 Å². The van der Waals surface area contributed by atoms with Gasteiger partial charge in [-0.1, -0.05) is 36.6 Å². The number of halogens is 1. The lowest BCUT2D eigenvalue weighted by Gasteiger charge is -2.13. The SMILES string of the molecule is Cc1ccc(C(Cl)C2C3CCCCC32)c(C)c1. The van der Waals surface area contributed by atoms with Crippen molar-refractivity contribution >= 4 is 11.6 Å². The first-order chi connectivity index (χ1) is 8.18. The van der Waals surface area contributed by atoms with Crippen molar-refractivity contribution in [3.63, 3.8) is 0 Å². The molecular weight excluding hydrogens is 228 g/mol. The summed E-state index contributed by atoms with van der Waals surface area (Å²) in [5.74, 6) is 2.64. The molecule has 3 atom stereocenters. The molecule has 92 valence electrons. The molecule has 2 saturated carbocycles. The molecule has 17 heavy (non-hydrogen) atoms. The highest BCUT2D eigenvalue weighted by atomic mass is 35.5. The largest absolute Gasteiger partial charge is 0.117 e. The Morgan fingerprint density at radius 2 is 1.76 bits per heavy atom. The molecule has 2 fully saturated rings. The molecule has 3 rings (SSSR count). The minimum atomic E-state index is 0.253. The molecule has 0 bridgehead atoms. The van der Waals surface area contributed by atoms with Crippen LogP contribution in [0.2, 0.25) is 0 Å². The van der Waals surface area contributed by atoms with Crippen molar-refractivity contribution in [2.24, 2.45) is 17.8 Å². The van der Waals surface area contributed by atoms with Gasteiger partial charge in [0, 0.05) is 0 Å². The highest BCUT2D eigenvalue weighted by Gasteiger charge is 2.54. The van der Waals surface area contributed by atoms with E-state index in [1.807, 2.05) is 0 Å². The Labute approximate surface area is 109 Å². The van der Waals surface area contributed by atoms with Crippen LogP contribution in [0.3, 0.4) is 0 Å². The third kappa shape index (κ3) is 2.01. The van der Waals surface area contributed by atoms with Crippen molar-refractivity contribution in [3.8, 4) is 0 Å². The predicted octanol–water partition coefficient (Wildman–Crippen LogP) is 5.02. The number of aryl methyl sites for hydroxylation is 2. The summed E-state index contributed by atoms with van der Waals surface area (Å²) in [6.45, 7) is 4.35. The first-order valence-corrected chi connectivity index (χ1v) is 7.33. The van der Waals surface area contributed by atoms with Gasteiger partial charge in [0.2, 0.25) is 0 Å². The molecule has 2 aliphatic carbocycles. The number of hydrogen-bond donors (Lipinski definition) is 0. The van der Waals surface area contributed by atoms with Gasteiger partial charge in [0.25, 0.3) is 0 Å². The number of rotatable bonds is 2. The Bertz CT molecular complexity index is 412. The normalized spacial score (nSPS) is 33.0. The van der Waals surface area contributed by atoms with Crippen LogP contribution in [0.4, 0.5) is 0 Å². The smallest absolute Gasteiger partial charge is 0.0621 e. The van der Waals surface area contributed by atoms with Crippen LogP contribution in [0.15, 0.2) is 18.2 Å². The molecule has 0 amide bonds. The van der Waals surface area contributed by atoms with Gasteiger partial charge >= 0.3 is 0 Å². The number of benzene rings is 1. The molecule has 0 nitrogen and oxygen atoms in total. The fourth-order valence-electron chi connectivity index (χ4n) is 3.82. The lowest BCUT2D eigenvalue weighted by atomic mass is 9.99. The Hall–Kier alpha value is -0.490. The third-order valence-corrected chi connectivity index (χ3v) is 5.31. The van der Waals surface area contributed by atoms with Crippen LogP contribution in [0.5, 0.6) is 0 Å². The van der Waals surface area contributed by atoms with E-state index in [0.29, 0.717) is 0 Å². The highest BCUT2D eigenvalue weighted by Crippen LogP contribution is 2.62. The van der Waals surface area contributed by atoms with Crippen molar-refractivity contribution in [3.05, 3.63) is 34.9 Å². The van der Waals surface area contributed by atoms with Gasteiger partial charge in [-0.05, 0) is 55.6 Å². The fraction of sp³-hybridized carbons (Fsp3) is 0.625. The van der Waals surface area contributed by atoms with Gasteiger partial charge in [-0.3, -0.25) is 0 Å². The zero-order chi connectivity index (χ0) is 12.0. The summed E-state index contributed by atoms with van der Waals surface area (Å²) >= 11 is 6.74. The predicted molar refractivity (Wildman–Crippen MR) is 73.4 cm³/mol. The zero-order valence-corrected chi connectivity index (χ0v) is 11.5. The number of fused-ring (bicyclic) bond motifs is 1. The van der Waals surface area contributed by atoms with E-state index in [1.54, 1.807) is 0 Å². The molecule has 2 aliphatic rings. The quantitative estimate of drug-likeness (QED) is 0.645. The van der Waals surface area contributed by atoms with Gasteiger partial charge in [0.1, 0.15) is 0 Å². The van der Waals surface area contributed by atoms with Crippen molar-refractivity contribution in [1.82, 2.24) is 0 Å². The van der Waals surface area contributed by atoms with E-state index in [4.69, 9.17) is 11.6 Å². The van der Waals surface area contributed by atoms with Crippen molar-refractivity contribution in [1.29, 1.82) is 0 Å². The fourth-order valence-corrected chi connectivity index (χ4v) is 4.44. The third-order valence-electron chi connectivity index (χ3n) is 4.78. The maximum Gasteiger partial charge on any atom is 0.0621 e. The summed E-state index contributed by atoms with van der Waals surface area (Å²) in [6, 6.07) is 6.70. The molecule has 0 N–H and O–H groups in total. The molecule has 0 heterocycles. The minimum absolute atomic E-state index is 0.253. The molecule has 0 aromatic heterocycles. The molecule has 0 radical (unpaired) electrons. The Morgan fingerprint density at radius 3 is 2.35 bits per heavy atom. The average molecular weight is 249 g/mol. The van der Waals surface area contributed by atoms with E-state index >= 15 is 0 Å². The van der Waals surface area contributed by atoms with Gasteiger partial charge in [0.15, 0.2) is 0 Å². The van der Waals surface area contributed by atoms with Gasteiger partial charge in [0.05, 0.1) is 5.38 Å². The summed E-state index contributed by atoms with van der Waals surface area (Å²) in [6.07, 6.45) is 5.69. The summed E-state index contributed by atoms with van der Waals surface area (Å²) in [5, 5.41) is 0.253. The van der Waals surface area contributed by atoms with E-state index < -0.39 is 0 Å². The maximum absolute atomic E-state index is 6.74. The highest BCUT2D eigenvalue weighted by molar-refractivity contribution is 6.21. The maximum atomic E-state index is 6.74. The first kappa shape index (κ1) is 11.6. The first-order valence-electron chi connectivity index (χ1n) is 6.89. The van der Waals surface area contributed by atoms with E-state index in [2.05, 4.69) is 32.0 Å². The monoisotopic (exact) mass is 248 g/mol. The van der Waals surface area contributed by atoms with Crippen molar-refractivity contribution < 1.29 is 0 Å². The Kier molecular flexibility index (Phi) is 2.94. The second-order valence-electron chi connectivity index (χ2n) is 5.95. The summed E-state index contributed by atoms with van der Waals surface area (Å²) in [4.78, 5) is 0. The molecule has 1 heteroatoms. The van der Waals surface area contributed by atoms with Crippen molar-refractivity contribution in [2.75, 3.05) is 0 Å². The summed E-state index contributed by atoms with van der Waals surface area (Å²) in [5.41, 5.74) is 4.08. The second-order valence-corrected chi connectivity index (χ2v) is 6.42. The van der Waals surface area contributed by atoms with Gasteiger partial charge in [-0.25, -0.2) is 0 Å².